The zero-order chi connectivity index (χ0) is 28.3. The van der Waals surface area contributed by atoms with Crippen molar-refractivity contribution in [3.05, 3.63) is 95.6 Å². The molecular formula is C34H46O5. The molecule has 0 radical (unpaired) electrons. The molecule has 2 N–H and O–H groups in total. The molecule has 5 heteroatoms. The summed E-state index contributed by atoms with van der Waals surface area (Å²) < 4.78 is 11.3. The summed E-state index contributed by atoms with van der Waals surface area (Å²) >= 11 is 0. The van der Waals surface area contributed by atoms with Crippen LogP contribution in [0.4, 0.5) is 0 Å². The lowest BCUT2D eigenvalue weighted by atomic mass is 10.1. The number of hydrogen-bond acceptors (Lipinski definition) is 5. The largest absolute Gasteiger partial charge is 0.494 e. The van der Waals surface area contributed by atoms with Gasteiger partial charge in [-0.3, -0.25) is 4.79 Å². The third-order valence-corrected chi connectivity index (χ3v) is 6.38. The van der Waals surface area contributed by atoms with Crippen molar-refractivity contribution in [2.24, 2.45) is 0 Å². The summed E-state index contributed by atoms with van der Waals surface area (Å²) in [6.07, 6.45) is 6.08. The van der Waals surface area contributed by atoms with Gasteiger partial charge in [-0.2, -0.15) is 0 Å². The first-order valence-corrected chi connectivity index (χ1v) is 14.3. The van der Waals surface area contributed by atoms with Crippen LogP contribution in [0.3, 0.4) is 0 Å². The molecule has 3 aromatic carbocycles. The SMILES string of the molecule is CCCC(O)c1cccc(OCCCC(=O)CC)c1.CCCCc1cccc(OCC(O)c2ccccc2)c1. The van der Waals surface area contributed by atoms with Crippen LogP contribution >= 0.6 is 0 Å². The van der Waals surface area contributed by atoms with E-state index in [1.54, 1.807) is 0 Å². The maximum absolute atomic E-state index is 11.1. The number of ketones is 1. The smallest absolute Gasteiger partial charge is 0.132 e. The topological polar surface area (TPSA) is 76.0 Å². The fraction of sp³-hybridized carbons (Fsp3) is 0.441. The van der Waals surface area contributed by atoms with E-state index in [1.807, 2.05) is 80.6 Å². The molecule has 3 aromatic rings. The van der Waals surface area contributed by atoms with Gasteiger partial charge < -0.3 is 19.7 Å². The van der Waals surface area contributed by atoms with E-state index < -0.39 is 12.2 Å². The van der Waals surface area contributed by atoms with Gasteiger partial charge in [-0.25, -0.2) is 0 Å². The van der Waals surface area contributed by atoms with Crippen LogP contribution in [0.25, 0.3) is 0 Å². The predicted octanol–water partition coefficient (Wildman–Crippen LogP) is 7.80. The molecule has 39 heavy (non-hydrogen) atoms. The number of ether oxygens (including phenoxy) is 2. The lowest BCUT2D eigenvalue weighted by Gasteiger charge is -2.13. The van der Waals surface area contributed by atoms with E-state index in [9.17, 15) is 15.0 Å². The predicted molar refractivity (Wildman–Crippen MR) is 158 cm³/mol. The number of carbonyl (C=O) groups excluding carboxylic acids is 1. The minimum absolute atomic E-state index is 0.274. The van der Waals surface area contributed by atoms with E-state index in [2.05, 4.69) is 19.1 Å². The van der Waals surface area contributed by atoms with E-state index in [4.69, 9.17) is 9.47 Å². The van der Waals surface area contributed by atoms with E-state index in [0.717, 1.165) is 48.3 Å². The molecule has 2 atom stereocenters. The van der Waals surface area contributed by atoms with Crippen LogP contribution in [0, 0.1) is 0 Å². The van der Waals surface area contributed by atoms with Gasteiger partial charge in [0.25, 0.3) is 0 Å². The average Bonchev–Trinajstić information content (AvgIpc) is 2.98. The molecule has 0 saturated heterocycles. The number of aryl methyl sites for hydroxylation is 1. The van der Waals surface area contributed by atoms with Crippen molar-refractivity contribution in [3.8, 4) is 11.5 Å². The van der Waals surface area contributed by atoms with Gasteiger partial charge in [0.1, 0.15) is 30.0 Å². The first-order valence-electron chi connectivity index (χ1n) is 14.3. The van der Waals surface area contributed by atoms with Gasteiger partial charge in [0.2, 0.25) is 0 Å². The summed E-state index contributed by atoms with van der Waals surface area (Å²) in [5.41, 5.74) is 3.07. The van der Waals surface area contributed by atoms with Crippen LogP contribution in [0.2, 0.25) is 0 Å². The maximum Gasteiger partial charge on any atom is 0.132 e. The number of benzene rings is 3. The monoisotopic (exact) mass is 534 g/mol. The van der Waals surface area contributed by atoms with Crippen LogP contribution in [0.15, 0.2) is 78.9 Å². The molecule has 2 unspecified atom stereocenters. The summed E-state index contributed by atoms with van der Waals surface area (Å²) in [5.74, 6) is 1.86. The molecule has 0 heterocycles. The molecule has 0 saturated carbocycles. The highest BCUT2D eigenvalue weighted by atomic mass is 16.5. The lowest BCUT2D eigenvalue weighted by Crippen LogP contribution is -2.09. The Morgan fingerprint density at radius 1 is 0.744 bits per heavy atom. The fourth-order valence-corrected chi connectivity index (χ4v) is 4.01. The summed E-state index contributed by atoms with van der Waals surface area (Å²) in [7, 11) is 0. The molecule has 0 amide bonds. The van der Waals surface area contributed by atoms with E-state index in [0.29, 0.717) is 19.4 Å². The molecule has 3 rings (SSSR count). The Bertz CT molecular complexity index is 1070. The number of rotatable bonds is 16. The Hall–Kier alpha value is -3.15. The molecule has 0 spiro atoms. The Kier molecular flexibility index (Phi) is 15.6. The Morgan fingerprint density at radius 2 is 1.44 bits per heavy atom. The molecule has 0 bridgehead atoms. The molecule has 212 valence electrons. The third kappa shape index (κ3) is 13.0. The summed E-state index contributed by atoms with van der Waals surface area (Å²) in [6, 6.07) is 25.3. The van der Waals surface area contributed by atoms with Gasteiger partial charge in [-0.05, 0) is 66.6 Å². The molecule has 0 aliphatic carbocycles. The van der Waals surface area contributed by atoms with Crippen molar-refractivity contribution >= 4 is 5.78 Å². The van der Waals surface area contributed by atoms with Crippen LogP contribution in [0.1, 0.15) is 94.6 Å². The minimum Gasteiger partial charge on any atom is -0.494 e. The van der Waals surface area contributed by atoms with Gasteiger partial charge in [-0.1, -0.05) is 88.2 Å². The Morgan fingerprint density at radius 3 is 2.13 bits per heavy atom. The van der Waals surface area contributed by atoms with Crippen LogP contribution < -0.4 is 9.47 Å². The highest BCUT2D eigenvalue weighted by molar-refractivity contribution is 5.77. The van der Waals surface area contributed by atoms with E-state index >= 15 is 0 Å². The first-order chi connectivity index (χ1) is 19.0. The molecule has 0 aliphatic rings. The second kappa shape index (κ2) is 19.0. The number of aliphatic hydroxyl groups is 2. The highest BCUT2D eigenvalue weighted by Crippen LogP contribution is 2.23. The zero-order valence-corrected chi connectivity index (χ0v) is 23.9. The maximum atomic E-state index is 11.1. The van der Waals surface area contributed by atoms with Gasteiger partial charge in [0.05, 0.1) is 12.7 Å². The standard InChI is InChI=1S/C18H22O2.C16H24O3/c1-2-3-8-15-9-7-12-17(13-15)20-14-18(19)16-10-5-4-6-11-16;1-3-7-16(18)13-8-5-10-15(12-13)19-11-6-9-14(17)4-2/h4-7,9-13,18-19H,2-3,8,14H2,1H3;5,8,10,12,16,18H,3-4,6-7,9,11H2,1-2H3. The Balaban J connectivity index is 0.000000274. The highest BCUT2D eigenvalue weighted by Gasteiger charge is 2.09. The number of carbonyl (C=O) groups is 1. The summed E-state index contributed by atoms with van der Waals surface area (Å²) in [6.45, 7) is 6.94. The summed E-state index contributed by atoms with van der Waals surface area (Å²) in [5, 5.41) is 20.0. The van der Waals surface area contributed by atoms with Crippen molar-refractivity contribution < 1.29 is 24.5 Å². The van der Waals surface area contributed by atoms with Crippen molar-refractivity contribution in [2.45, 2.75) is 84.3 Å². The normalized spacial score (nSPS) is 12.1. The lowest BCUT2D eigenvalue weighted by molar-refractivity contribution is -0.118. The third-order valence-electron chi connectivity index (χ3n) is 6.38. The molecule has 5 nitrogen and oxygen atoms in total. The van der Waals surface area contributed by atoms with Gasteiger partial charge in [-0.15, -0.1) is 0 Å². The van der Waals surface area contributed by atoms with Crippen LogP contribution in [-0.4, -0.2) is 29.2 Å². The number of unbranched alkanes of at least 4 members (excludes halogenated alkanes) is 1. The Labute approximate surface area is 234 Å². The second-order valence-corrected chi connectivity index (χ2v) is 9.71. The number of hydrogen-bond donors (Lipinski definition) is 2. The van der Waals surface area contributed by atoms with Gasteiger partial charge in [0, 0.05) is 12.8 Å². The first kappa shape index (κ1) is 32.1. The van der Waals surface area contributed by atoms with Crippen molar-refractivity contribution in [2.75, 3.05) is 13.2 Å². The zero-order valence-electron chi connectivity index (χ0n) is 23.9. The quantitative estimate of drug-likeness (QED) is 0.183. The van der Waals surface area contributed by atoms with E-state index in [1.165, 1.54) is 18.4 Å². The van der Waals surface area contributed by atoms with Crippen LogP contribution in [-0.2, 0) is 11.2 Å². The number of aliphatic hydroxyl groups excluding tert-OH is 2. The van der Waals surface area contributed by atoms with Gasteiger partial charge >= 0.3 is 0 Å². The van der Waals surface area contributed by atoms with E-state index in [-0.39, 0.29) is 12.4 Å². The minimum atomic E-state index is -0.588. The van der Waals surface area contributed by atoms with Crippen molar-refractivity contribution in [1.82, 2.24) is 0 Å². The number of Topliss-reactive ketones (excluding diaryl/α,β-unsaturated/α-hetero) is 1. The molecular weight excluding hydrogens is 488 g/mol. The molecule has 0 fully saturated rings. The van der Waals surface area contributed by atoms with Gasteiger partial charge in [0.15, 0.2) is 0 Å². The molecule has 0 aromatic heterocycles. The second-order valence-electron chi connectivity index (χ2n) is 9.71. The van der Waals surface area contributed by atoms with Crippen LogP contribution in [0.5, 0.6) is 11.5 Å². The molecule has 0 aliphatic heterocycles. The average molecular weight is 535 g/mol. The van der Waals surface area contributed by atoms with Crippen molar-refractivity contribution in [1.29, 1.82) is 0 Å². The fourth-order valence-electron chi connectivity index (χ4n) is 4.01. The summed E-state index contributed by atoms with van der Waals surface area (Å²) in [4.78, 5) is 11.1. The van der Waals surface area contributed by atoms with Crippen molar-refractivity contribution in [3.63, 3.8) is 0 Å².